The molecule has 0 spiro atoms. The van der Waals surface area contributed by atoms with Crippen molar-refractivity contribution in [3.63, 3.8) is 0 Å². The molecule has 2 rings (SSSR count). The molecule has 0 fully saturated rings. The number of thiazole rings is 1. The maximum atomic E-state index is 11.9. The maximum absolute atomic E-state index is 11.9. The summed E-state index contributed by atoms with van der Waals surface area (Å²) in [6.07, 6.45) is 0. The molecule has 0 aliphatic carbocycles. The lowest BCUT2D eigenvalue weighted by atomic mass is 9.93. The molecule has 2 amide bonds. The number of benzene rings is 1. The zero-order chi connectivity index (χ0) is 16.9. The molecule has 124 valence electrons. The molecular weight excluding hydrogens is 310 g/mol. The van der Waals surface area contributed by atoms with Crippen LogP contribution in [0.2, 0.25) is 0 Å². The summed E-state index contributed by atoms with van der Waals surface area (Å²) in [5.41, 5.74) is 4.44. The summed E-state index contributed by atoms with van der Waals surface area (Å²) in [4.78, 5) is 21.6. The van der Waals surface area contributed by atoms with Gasteiger partial charge in [-0.15, -0.1) is 11.3 Å². The predicted octanol–water partition coefficient (Wildman–Crippen LogP) is 3.93. The molecule has 1 heterocycles. The Kier molecular flexibility index (Phi) is 5.74. The van der Waals surface area contributed by atoms with E-state index < -0.39 is 0 Å². The van der Waals surface area contributed by atoms with E-state index in [2.05, 4.69) is 36.6 Å². The van der Waals surface area contributed by atoms with Crippen LogP contribution in [0.25, 0.3) is 0 Å². The summed E-state index contributed by atoms with van der Waals surface area (Å²) in [7, 11) is 0. The van der Waals surface area contributed by atoms with Gasteiger partial charge in [0.2, 0.25) is 0 Å². The van der Waals surface area contributed by atoms with Crippen LogP contribution in [0.15, 0.2) is 35.7 Å². The smallest absolute Gasteiger partial charge is 0.327 e. The lowest BCUT2D eigenvalue weighted by Crippen LogP contribution is -2.37. The Morgan fingerprint density at radius 1 is 1.30 bits per heavy atom. The van der Waals surface area contributed by atoms with Crippen LogP contribution >= 0.6 is 11.3 Å². The first kappa shape index (κ1) is 17.4. The van der Waals surface area contributed by atoms with Crippen molar-refractivity contribution in [3.05, 3.63) is 52.0 Å². The predicted molar refractivity (Wildman–Crippen MR) is 92.1 cm³/mol. The highest BCUT2D eigenvalue weighted by atomic mass is 32.1. The van der Waals surface area contributed by atoms with Gasteiger partial charge in [0, 0.05) is 10.8 Å². The van der Waals surface area contributed by atoms with Crippen molar-refractivity contribution in [2.45, 2.75) is 45.8 Å². The highest BCUT2D eigenvalue weighted by Gasteiger charge is 2.20. The van der Waals surface area contributed by atoms with Crippen molar-refractivity contribution in [2.24, 2.45) is 0 Å². The average Bonchev–Trinajstić information content (AvgIpc) is 2.98. The Hall–Kier alpha value is -1.92. The Morgan fingerprint density at radius 2 is 2.00 bits per heavy atom. The van der Waals surface area contributed by atoms with Gasteiger partial charge in [0.1, 0.15) is 5.01 Å². The van der Waals surface area contributed by atoms with Crippen LogP contribution in [0.1, 0.15) is 50.0 Å². The Morgan fingerprint density at radius 3 is 2.61 bits per heavy atom. The second-order valence-electron chi connectivity index (χ2n) is 6.39. The zero-order valence-corrected chi connectivity index (χ0v) is 14.7. The molecule has 0 radical (unpaired) electrons. The third-order valence-electron chi connectivity index (χ3n) is 3.25. The number of nitrogens with zero attached hydrogens (tertiary/aromatic N) is 1. The standard InChI is InChI=1S/C17H23N3O2S/c1-12(15-19-14(11-23-15)17(2,3)4)18-16(21)20-22-10-13-8-6-5-7-9-13/h5-9,11-12H,10H2,1-4H3,(H2,18,20,21). The largest absolute Gasteiger partial charge is 0.339 e. The first-order valence-electron chi connectivity index (χ1n) is 7.54. The third-order valence-corrected chi connectivity index (χ3v) is 4.28. The van der Waals surface area contributed by atoms with E-state index >= 15 is 0 Å². The number of carbonyl (C=O) groups is 1. The van der Waals surface area contributed by atoms with Gasteiger partial charge in [0.15, 0.2) is 0 Å². The maximum Gasteiger partial charge on any atom is 0.339 e. The lowest BCUT2D eigenvalue weighted by molar-refractivity contribution is 0.0483. The number of hydroxylamine groups is 1. The Bertz CT molecular complexity index is 635. The minimum atomic E-state index is -0.374. The summed E-state index contributed by atoms with van der Waals surface area (Å²) in [5.74, 6) is 0. The van der Waals surface area contributed by atoms with Crippen molar-refractivity contribution < 1.29 is 9.63 Å². The molecule has 2 aromatic rings. The second-order valence-corrected chi connectivity index (χ2v) is 7.28. The van der Waals surface area contributed by atoms with E-state index in [1.54, 1.807) is 11.3 Å². The molecule has 1 aromatic heterocycles. The summed E-state index contributed by atoms with van der Waals surface area (Å²) >= 11 is 1.55. The molecule has 0 saturated heterocycles. The molecular formula is C17H23N3O2S. The van der Waals surface area contributed by atoms with Crippen LogP contribution in [0.4, 0.5) is 4.79 Å². The van der Waals surface area contributed by atoms with Gasteiger partial charge >= 0.3 is 6.03 Å². The fraction of sp³-hybridized carbons (Fsp3) is 0.412. The van der Waals surface area contributed by atoms with Crippen molar-refractivity contribution in [3.8, 4) is 0 Å². The first-order valence-corrected chi connectivity index (χ1v) is 8.42. The van der Waals surface area contributed by atoms with Crippen LogP contribution < -0.4 is 10.8 Å². The number of urea groups is 1. The monoisotopic (exact) mass is 333 g/mol. The van der Waals surface area contributed by atoms with E-state index in [1.807, 2.05) is 42.6 Å². The van der Waals surface area contributed by atoms with Crippen molar-refractivity contribution in [1.29, 1.82) is 0 Å². The highest BCUT2D eigenvalue weighted by molar-refractivity contribution is 7.09. The number of carbonyl (C=O) groups excluding carboxylic acids is 1. The number of amides is 2. The van der Waals surface area contributed by atoms with Gasteiger partial charge in [0.25, 0.3) is 0 Å². The van der Waals surface area contributed by atoms with Crippen molar-refractivity contribution >= 4 is 17.4 Å². The van der Waals surface area contributed by atoms with E-state index in [9.17, 15) is 4.79 Å². The van der Waals surface area contributed by atoms with E-state index in [0.717, 1.165) is 16.3 Å². The van der Waals surface area contributed by atoms with Crippen molar-refractivity contribution in [1.82, 2.24) is 15.8 Å². The normalized spacial score (nSPS) is 12.7. The molecule has 23 heavy (non-hydrogen) atoms. The van der Waals surface area contributed by atoms with Gasteiger partial charge in [-0.3, -0.25) is 4.84 Å². The number of hydrogen-bond donors (Lipinski definition) is 2. The number of aromatic nitrogens is 1. The van der Waals surface area contributed by atoms with Crippen LogP contribution in [0.3, 0.4) is 0 Å². The first-order chi connectivity index (χ1) is 10.9. The molecule has 1 unspecified atom stereocenters. The summed E-state index contributed by atoms with van der Waals surface area (Å²) in [6, 6.07) is 9.12. The van der Waals surface area contributed by atoms with E-state index in [4.69, 9.17) is 4.84 Å². The molecule has 5 nitrogen and oxygen atoms in total. The van der Waals surface area contributed by atoms with Crippen molar-refractivity contribution in [2.75, 3.05) is 0 Å². The van der Waals surface area contributed by atoms with E-state index in [1.165, 1.54) is 0 Å². The van der Waals surface area contributed by atoms with E-state index in [-0.39, 0.29) is 17.5 Å². The SMILES string of the molecule is CC(NC(=O)NOCc1ccccc1)c1nc(C(C)(C)C)cs1. The molecule has 1 atom stereocenters. The zero-order valence-electron chi connectivity index (χ0n) is 13.9. The van der Waals surface area contributed by atoms with Crippen LogP contribution in [-0.4, -0.2) is 11.0 Å². The second kappa shape index (κ2) is 7.57. The molecule has 2 N–H and O–H groups in total. The fourth-order valence-electron chi connectivity index (χ4n) is 1.88. The summed E-state index contributed by atoms with van der Waals surface area (Å²) in [6.45, 7) is 8.59. The Labute approximate surface area is 141 Å². The quantitative estimate of drug-likeness (QED) is 0.815. The van der Waals surface area contributed by atoms with Crippen LogP contribution in [-0.2, 0) is 16.9 Å². The number of hydrogen-bond acceptors (Lipinski definition) is 4. The molecule has 1 aromatic carbocycles. The van der Waals surface area contributed by atoms with Gasteiger partial charge in [0.05, 0.1) is 18.3 Å². The molecule has 0 bridgehead atoms. The summed E-state index contributed by atoms with van der Waals surface area (Å²) in [5, 5.41) is 5.74. The van der Waals surface area contributed by atoms with Crippen LogP contribution in [0, 0.1) is 0 Å². The number of rotatable bonds is 5. The fourth-order valence-corrected chi connectivity index (χ4v) is 2.93. The molecule has 0 aliphatic rings. The molecule has 0 aliphatic heterocycles. The molecule has 0 saturated carbocycles. The molecule has 6 heteroatoms. The lowest BCUT2D eigenvalue weighted by Gasteiger charge is -2.15. The average molecular weight is 333 g/mol. The topological polar surface area (TPSA) is 63.2 Å². The number of nitrogens with one attached hydrogen (secondary N) is 2. The third kappa shape index (κ3) is 5.33. The van der Waals surface area contributed by atoms with Gasteiger partial charge < -0.3 is 5.32 Å². The van der Waals surface area contributed by atoms with Crippen LogP contribution in [0.5, 0.6) is 0 Å². The van der Waals surface area contributed by atoms with Gasteiger partial charge in [-0.2, -0.15) is 0 Å². The highest BCUT2D eigenvalue weighted by Crippen LogP contribution is 2.26. The van der Waals surface area contributed by atoms with Gasteiger partial charge in [-0.25, -0.2) is 15.3 Å². The van der Waals surface area contributed by atoms with E-state index in [0.29, 0.717) is 6.61 Å². The minimum Gasteiger partial charge on any atom is -0.327 e. The van der Waals surface area contributed by atoms with Gasteiger partial charge in [-0.1, -0.05) is 51.1 Å². The minimum absolute atomic E-state index is 0.00945. The van der Waals surface area contributed by atoms with Gasteiger partial charge in [-0.05, 0) is 12.5 Å². The Balaban J connectivity index is 1.79. The summed E-state index contributed by atoms with van der Waals surface area (Å²) < 4.78 is 0.